The summed E-state index contributed by atoms with van der Waals surface area (Å²) in [7, 11) is 0. The molecule has 11 heavy (non-hydrogen) atoms. The smallest absolute Gasteiger partial charge is 0.235 e. The van der Waals surface area contributed by atoms with E-state index in [1.54, 1.807) is 0 Å². The Bertz CT molecular complexity index is 138. The molecule has 0 aliphatic heterocycles. The maximum absolute atomic E-state index is 10.5. The summed E-state index contributed by atoms with van der Waals surface area (Å²) in [5.74, 6) is -0.498. The number of aliphatic hydroxyl groups excluding tert-OH is 1. The van der Waals surface area contributed by atoms with Crippen LogP contribution in [-0.4, -0.2) is 40.8 Å². The largest absolute Gasteiger partial charge is 0.393 e. The summed E-state index contributed by atoms with van der Waals surface area (Å²) in [4.78, 5) is 10.5. The molecule has 0 bridgehead atoms. The molecule has 3 N–H and O–H groups in total. The summed E-state index contributed by atoms with van der Waals surface area (Å²) in [6.07, 6.45) is 0. The number of halogens is 1. The molecule has 66 valence electrons. The van der Waals surface area contributed by atoms with Gasteiger partial charge >= 0.3 is 0 Å². The van der Waals surface area contributed by atoms with Crippen LogP contribution in [-0.2, 0) is 4.79 Å². The predicted octanol–water partition coefficient (Wildman–Crippen LogP) is -0.915. The summed E-state index contributed by atoms with van der Waals surface area (Å²) in [6.45, 7) is 1.03. The third-order valence-electron chi connectivity index (χ3n) is 1.13. The van der Waals surface area contributed by atoms with E-state index in [2.05, 4.69) is 5.32 Å². The van der Waals surface area contributed by atoms with E-state index in [0.29, 0.717) is 0 Å². The molecule has 0 aliphatic rings. The molecule has 0 aromatic heterocycles. The Labute approximate surface area is 70.2 Å². The monoisotopic (exact) mass is 181 g/mol. The summed E-state index contributed by atoms with van der Waals surface area (Å²) in [5.41, 5.74) is -1.26. The van der Waals surface area contributed by atoms with Gasteiger partial charge in [0.25, 0.3) is 0 Å². The van der Waals surface area contributed by atoms with E-state index >= 15 is 0 Å². The Hall–Kier alpha value is -0.320. The van der Waals surface area contributed by atoms with Crippen molar-refractivity contribution in [3.8, 4) is 0 Å². The first-order valence-electron chi connectivity index (χ1n) is 3.18. The Balaban J connectivity index is 3.61. The summed E-state index contributed by atoms with van der Waals surface area (Å²) in [6, 6.07) is 0. The van der Waals surface area contributed by atoms with E-state index < -0.39 is 12.2 Å². The zero-order valence-electron chi connectivity index (χ0n) is 6.30. The van der Waals surface area contributed by atoms with Crippen LogP contribution in [0.1, 0.15) is 6.92 Å². The molecule has 1 atom stereocenters. The van der Waals surface area contributed by atoms with Gasteiger partial charge in [-0.3, -0.25) is 4.79 Å². The molecule has 0 aliphatic carbocycles. The van der Waals surface area contributed by atoms with Crippen LogP contribution in [0.25, 0.3) is 0 Å². The molecular weight excluding hydrogens is 170 g/mol. The first kappa shape index (κ1) is 10.7. The predicted molar refractivity (Wildman–Crippen MR) is 41.4 cm³/mol. The molecule has 0 aromatic carbocycles. The molecule has 0 saturated heterocycles. The van der Waals surface area contributed by atoms with E-state index in [-0.39, 0.29) is 18.3 Å². The number of hydrogen-bond donors (Lipinski definition) is 3. The quantitative estimate of drug-likeness (QED) is 0.492. The normalized spacial score (nSPS) is 15.6. The lowest BCUT2D eigenvalue weighted by atomic mass is 10.1. The molecule has 0 fully saturated rings. The molecular formula is C6H12ClNO3. The first-order valence-corrected chi connectivity index (χ1v) is 3.71. The standard InChI is InChI=1S/C6H12ClNO3/c1-6(11,4-9)3-8-5(10)2-7/h9,11H,2-4H2,1H3,(H,8,10). The number of carbonyl (C=O) groups excluding carboxylic acids is 1. The van der Waals surface area contributed by atoms with Gasteiger partial charge in [0.15, 0.2) is 0 Å². The van der Waals surface area contributed by atoms with Crippen LogP contribution in [0.2, 0.25) is 0 Å². The topological polar surface area (TPSA) is 69.6 Å². The van der Waals surface area contributed by atoms with Gasteiger partial charge in [-0.1, -0.05) is 0 Å². The van der Waals surface area contributed by atoms with Gasteiger partial charge in [-0.2, -0.15) is 0 Å². The molecule has 0 heterocycles. The fourth-order valence-corrected chi connectivity index (χ4v) is 0.487. The Kier molecular flexibility index (Phi) is 4.40. The molecule has 1 unspecified atom stereocenters. The highest BCUT2D eigenvalue weighted by Crippen LogP contribution is 1.97. The summed E-state index contributed by atoms with van der Waals surface area (Å²) >= 11 is 5.17. The van der Waals surface area contributed by atoms with Crippen LogP contribution in [0.15, 0.2) is 0 Å². The van der Waals surface area contributed by atoms with Crippen molar-refractivity contribution in [2.75, 3.05) is 19.0 Å². The van der Waals surface area contributed by atoms with Crippen LogP contribution in [0, 0.1) is 0 Å². The van der Waals surface area contributed by atoms with Crippen molar-refractivity contribution in [1.82, 2.24) is 5.32 Å². The minimum atomic E-state index is -1.26. The Morgan fingerprint density at radius 3 is 2.64 bits per heavy atom. The van der Waals surface area contributed by atoms with E-state index in [1.165, 1.54) is 6.92 Å². The van der Waals surface area contributed by atoms with E-state index in [4.69, 9.17) is 21.8 Å². The average Bonchev–Trinajstić information content (AvgIpc) is 2.00. The zero-order chi connectivity index (χ0) is 8.91. The van der Waals surface area contributed by atoms with Crippen LogP contribution in [0.5, 0.6) is 0 Å². The summed E-state index contributed by atoms with van der Waals surface area (Å²) in [5, 5.41) is 20.0. The van der Waals surface area contributed by atoms with Gasteiger partial charge in [-0.05, 0) is 6.92 Å². The first-order chi connectivity index (χ1) is 5.02. The second kappa shape index (κ2) is 4.54. The fourth-order valence-electron chi connectivity index (χ4n) is 0.392. The molecule has 0 rings (SSSR count). The molecule has 0 aromatic rings. The molecule has 1 amide bonds. The Morgan fingerprint density at radius 1 is 1.73 bits per heavy atom. The van der Waals surface area contributed by atoms with Gasteiger partial charge in [0, 0.05) is 6.54 Å². The maximum Gasteiger partial charge on any atom is 0.235 e. The van der Waals surface area contributed by atoms with Crippen LogP contribution >= 0.6 is 11.6 Å². The van der Waals surface area contributed by atoms with E-state index in [9.17, 15) is 4.79 Å². The highest BCUT2D eigenvalue weighted by molar-refractivity contribution is 6.27. The van der Waals surface area contributed by atoms with Gasteiger partial charge < -0.3 is 15.5 Å². The molecule has 0 saturated carbocycles. The third-order valence-corrected chi connectivity index (χ3v) is 1.37. The van der Waals surface area contributed by atoms with Crippen molar-refractivity contribution in [3.05, 3.63) is 0 Å². The highest BCUT2D eigenvalue weighted by atomic mass is 35.5. The number of amides is 1. The minimum absolute atomic E-state index is 0.00898. The fraction of sp³-hybridized carbons (Fsp3) is 0.833. The Morgan fingerprint density at radius 2 is 2.27 bits per heavy atom. The van der Waals surface area contributed by atoms with E-state index in [0.717, 1.165) is 0 Å². The number of carbonyl (C=O) groups is 1. The summed E-state index contributed by atoms with van der Waals surface area (Å²) < 4.78 is 0. The number of alkyl halides is 1. The number of aliphatic hydroxyl groups is 2. The minimum Gasteiger partial charge on any atom is -0.393 e. The second-order valence-corrected chi connectivity index (χ2v) is 2.83. The second-order valence-electron chi connectivity index (χ2n) is 2.57. The van der Waals surface area contributed by atoms with Crippen molar-refractivity contribution < 1.29 is 15.0 Å². The van der Waals surface area contributed by atoms with Crippen molar-refractivity contribution in [3.63, 3.8) is 0 Å². The number of rotatable bonds is 4. The van der Waals surface area contributed by atoms with Crippen molar-refractivity contribution in [2.45, 2.75) is 12.5 Å². The maximum atomic E-state index is 10.5. The van der Waals surface area contributed by atoms with Gasteiger partial charge in [-0.25, -0.2) is 0 Å². The zero-order valence-corrected chi connectivity index (χ0v) is 7.06. The molecule has 0 spiro atoms. The van der Waals surface area contributed by atoms with Crippen LogP contribution < -0.4 is 5.32 Å². The lowest BCUT2D eigenvalue weighted by molar-refractivity contribution is -0.120. The van der Waals surface area contributed by atoms with Crippen LogP contribution in [0.4, 0.5) is 0 Å². The lowest BCUT2D eigenvalue weighted by Gasteiger charge is -2.19. The highest BCUT2D eigenvalue weighted by Gasteiger charge is 2.19. The third kappa shape index (κ3) is 5.01. The molecule has 0 radical (unpaired) electrons. The van der Waals surface area contributed by atoms with Gasteiger partial charge in [-0.15, -0.1) is 11.6 Å². The number of hydrogen-bond acceptors (Lipinski definition) is 3. The van der Waals surface area contributed by atoms with Crippen molar-refractivity contribution >= 4 is 17.5 Å². The van der Waals surface area contributed by atoms with Gasteiger partial charge in [0.2, 0.25) is 5.91 Å². The molecule has 5 heteroatoms. The lowest BCUT2D eigenvalue weighted by Crippen LogP contribution is -2.43. The van der Waals surface area contributed by atoms with Gasteiger partial charge in [0.05, 0.1) is 6.61 Å². The van der Waals surface area contributed by atoms with E-state index in [1.807, 2.05) is 0 Å². The van der Waals surface area contributed by atoms with Crippen molar-refractivity contribution in [2.24, 2.45) is 0 Å². The van der Waals surface area contributed by atoms with Gasteiger partial charge in [0.1, 0.15) is 11.5 Å². The molecule has 4 nitrogen and oxygen atoms in total. The van der Waals surface area contributed by atoms with Crippen LogP contribution in [0.3, 0.4) is 0 Å². The SMILES string of the molecule is CC(O)(CO)CNC(=O)CCl. The number of nitrogens with one attached hydrogen (secondary N) is 1. The van der Waals surface area contributed by atoms with Crippen molar-refractivity contribution in [1.29, 1.82) is 0 Å². The average molecular weight is 182 g/mol.